The van der Waals surface area contributed by atoms with Crippen LogP contribution in [0.15, 0.2) is 65.1 Å². The summed E-state index contributed by atoms with van der Waals surface area (Å²) in [5.41, 5.74) is -2.92. The molecule has 1 unspecified atom stereocenters. The lowest BCUT2D eigenvalue weighted by Gasteiger charge is -2.44. The molecule has 2 saturated heterocycles. The van der Waals surface area contributed by atoms with Gasteiger partial charge in [0.25, 0.3) is 5.91 Å². The number of nitrogens with zero attached hydrogens (tertiary/aromatic N) is 2. The van der Waals surface area contributed by atoms with E-state index in [0.29, 0.717) is 63.0 Å². The third-order valence-corrected chi connectivity index (χ3v) is 11.2. The van der Waals surface area contributed by atoms with Gasteiger partial charge in [0.15, 0.2) is 6.10 Å². The van der Waals surface area contributed by atoms with E-state index in [1.165, 1.54) is 18.2 Å². The number of carbonyl (C=O) groups is 2. The third-order valence-electron chi connectivity index (χ3n) is 10.6. The standard InChI is InChI=1S/C37H36BrF7N2O5/c1-2-30(33(49)50)52-31-17-22-5-3-4-6-27(22)34(31)9-12-46(13-10-34)14-11-35(24-7-8-29(39)28(38)19-24)20-47(21-51-35)32(48)23-15-25(36(40,41)42)18-26(16-23)37(43,44)45/h3-8,15-16,18-19,30-31H,2,9-14,17,20-21H2,1H3,(H,49,50)/t30?,31-,35-/m0/s1. The molecule has 52 heavy (non-hydrogen) atoms. The predicted molar refractivity (Wildman–Crippen MR) is 178 cm³/mol. The van der Waals surface area contributed by atoms with E-state index in [-0.39, 0.29) is 29.6 Å². The lowest BCUT2D eigenvalue weighted by molar-refractivity contribution is -0.158. The van der Waals surface area contributed by atoms with Gasteiger partial charge in [-0.3, -0.25) is 4.79 Å². The second-order valence-electron chi connectivity index (χ2n) is 13.7. The molecular formula is C37H36BrF7N2O5. The average molecular weight is 802 g/mol. The summed E-state index contributed by atoms with van der Waals surface area (Å²) in [5.74, 6) is -2.64. The van der Waals surface area contributed by atoms with Crippen molar-refractivity contribution in [1.29, 1.82) is 0 Å². The van der Waals surface area contributed by atoms with Crippen molar-refractivity contribution in [2.24, 2.45) is 0 Å². The Hall–Kier alpha value is -3.53. The molecule has 2 fully saturated rings. The molecule has 3 aromatic rings. The van der Waals surface area contributed by atoms with E-state index in [2.05, 4.69) is 26.9 Å². The number of aliphatic carboxylic acids is 1. The number of halogens is 8. The molecule has 2 aliphatic heterocycles. The minimum Gasteiger partial charge on any atom is -0.479 e. The lowest BCUT2D eigenvalue weighted by Crippen LogP contribution is -2.50. The van der Waals surface area contributed by atoms with Crippen LogP contribution in [-0.2, 0) is 44.1 Å². The number of likely N-dealkylation sites (tertiary alicyclic amines) is 1. The van der Waals surface area contributed by atoms with Crippen LogP contribution in [0.2, 0.25) is 0 Å². The Bertz CT molecular complexity index is 1800. The van der Waals surface area contributed by atoms with E-state index < -0.39 is 70.6 Å². The summed E-state index contributed by atoms with van der Waals surface area (Å²) in [4.78, 5) is 28.7. The summed E-state index contributed by atoms with van der Waals surface area (Å²) < 4.78 is 108. The van der Waals surface area contributed by atoms with Crippen molar-refractivity contribution in [3.63, 3.8) is 0 Å². The summed E-state index contributed by atoms with van der Waals surface area (Å²) in [6.45, 7) is 2.77. The number of carbonyl (C=O) groups excluding carboxylic acids is 1. The minimum atomic E-state index is -5.13. The van der Waals surface area contributed by atoms with Crippen molar-refractivity contribution >= 4 is 27.8 Å². The van der Waals surface area contributed by atoms with Crippen molar-refractivity contribution in [3.05, 3.63) is 104 Å². The first-order valence-electron chi connectivity index (χ1n) is 16.8. The normalized spacial score (nSPS) is 22.5. The Kier molecular flexibility index (Phi) is 10.6. The predicted octanol–water partition coefficient (Wildman–Crippen LogP) is 8.18. The number of hydrogen-bond acceptors (Lipinski definition) is 5. The summed E-state index contributed by atoms with van der Waals surface area (Å²) in [5, 5.41) is 9.73. The Labute approximate surface area is 303 Å². The number of hydrogen-bond donors (Lipinski definition) is 1. The Morgan fingerprint density at radius 2 is 1.65 bits per heavy atom. The van der Waals surface area contributed by atoms with Crippen molar-refractivity contribution < 1.29 is 54.9 Å². The second-order valence-corrected chi connectivity index (χ2v) is 14.5. The van der Waals surface area contributed by atoms with Crippen LogP contribution in [0, 0.1) is 5.82 Å². The molecule has 0 bridgehead atoms. The summed E-state index contributed by atoms with van der Waals surface area (Å²) in [6.07, 6.45) is -9.02. The maximum Gasteiger partial charge on any atom is 0.416 e. The van der Waals surface area contributed by atoms with E-state index >= 15 is 0 Å². The Morgan fingerprint density at radius 3 is 2.25 bits per heavy atom. The molecule has 3 aromatic carbocycles. The van der Waals surface area contributed by atoms with E-state index in [9.17, 15) is 45.4 Å². The molecule has 2 heterocycles. The van der Waals surface area contributed by atoms with Gasteiger partial charge in [-0.2, -0.15) is 26.3 Å². The molecule has 1 amide bonds. The van der Waals surface area contributed by atoms with Crippen LogP contribution in [-0.4, -0.2) is 71.9 Å². The monoisotopic (exact) mass is 800 g/mol. The maximum absolute atomic E-state index is 14.3. The molecule has 3 aliphatic rings. The minimum absolute atomic E-state index is 0.0346. The van der Waals surface area contributed by atoms with Gasteiger partial charge in [0.1, 0.15) is 18.1 Å². The quantitative estimate of drug-likeness (QED) is 0.220. The number of benzene rings is 3. The SMILES string of the molecule is CCC(O[C@H]1Cc2ccccc2C12CCN(CC[C@@]1(c3ccc(F)c(Br)c3)CN(C(=O)c3cc(C(F)(F)F)cc(C(F)(F)F)c3)CO1)CC2)C(=O)O. The van der Waals surface area contributed by atoms with Crippen LogP contribution >= 0.6 is 15.9 Å². The number of fused-ring (bicyclic) bond motifs is 2. The third kappa shape index (κ3) is 7.46. The van der Waals surface area contributed by atoms with Crippen molar-refractivity contribution in [1.82, 2.24) is 9.80 Å². The topological polar surface area (TPSA) is 79.3 Å². The molecule has 0 saturated carbocycles. The zero-order chi connectivity index (χ0) is 37.6. The first kappa shape index (κ1) is 38.2. The van der Waals surface area contributed by atoms with Crippen LogP contribution in [0.1, 0.15) is 70.8 Å². The van der Waals surface area contributed by atoms with Crippen molar-refractivity contribution in [2.45, 2.75) is 74.6 Å². The lowest BCUT2D eigenvalue weighted by atomic mass is 9.72. The Balaban J connectivity index is 1.23. The van der Waals surface area contributed by atoms with Gasteiger partial charge in [-0.15, -0.1) is 0 Å². The number of amides is 1. The van der Waals surface area contributed by atoms with Crippen LogP contribution in [0.25, 0.3) is 0 Å². The van der Waals surface area contributed by atoms with Crippen LogP contribution in [0.4, 0.5) is 30.7 Å². The zero-order valence-electron chi connectivity index (χ0n) is 28.0. The largest absolute Gasteiger partial charge is 0.479 e. The number of alkyl halides is 6. The number of carboxylic acid groups (broad SMARTS) is 1. The van der Waals surface area contributed by atoms with Gasteiger partial charge in [0, 0.05) is 17.5 Å². The van der Waals surface area contributed by atoms with E-state index in [0.717, 1.165) is 16.0 Å². The molecule has 0 radical (unpaired) electrons. The molecule has 1 N–H and O–H groups in total. The highest BCUT2D eigenvalue weighted by Crippen LogP contribution is 2.49. The van der Waals surface area contributed by atoms with Crippen LogP contribution in [0.3, 0.4) is 0 Å². The first-order chi connectivity index (χ1) is 24.5. The van der Waals surface area contributed by atoms with Crippen molar-refractivity contribution in [2.75, 3.05) is 32.9 Å². The highest BCUT2D eigenvalue weighted by Gasteiger charge is 2.51. The fraction of sp³-hybridized carbons (Fsp3) is 0.459. The molecule has 1 aliphatic carbocycles. The van der Waals surface area contributed by atoms with Gasteiger partial charge in [-0.25, -0.2) is 9.18 Å². The van der Waals surface area contributed by atoms with E-state index in [1.807, 2.05) is 18.2 Å². The van der Waals surface area contributed by atoms with E-state index in [4.69, 9.17) is 9.47 Å². The molecule has 280 valence electrons. The molecule has 3 atom stereocenters. The first-order valence-corrected chi connectivity index (χ1v) is 17.6. The van der Waals surface area contributed by atoms with Crippen LogP contribution < -0.4 is 0 Å². The van der Waals surface area contributed by atoms with Gasteiger partial charge in [0.2, 0.25) is 0 Å². The molecule has 1 spiro atoms. The average Bonchev–Trinajstić information content (AvgIpc) is 3.67. The molecular weight excluding hydrogens is 765 g/mol. The maximum atomic E-state index is 14.3. The van der Waals surface area contributed by atoms with E-state index in [1.54, 1.807) is 6.92 Å². The fourth-order valence-corrected chi connectivity index (χ4v) is 8.18. The number of ether oxygens (including phenoxy) is 2. The van der Waals surface area contributed by atoms with Gasteiger partial charge in [-0.1, -0.05) is 37.3 Å². The van der Waals surface area contributed by atoms with Crippen LogP contribution in [0.5, 0.6) is 0 Å². The second kappa shape index (κ2) is 14.4. The smallest absolute Gasteiger partial charge is 0.416 e. The molecule has 7 nitrogen and oxygen atoms in total. The number of piperidine rings is 1. The van der Waals surface area contributed by atoms with Crippen molar-refractivity contribution in [3.8, 4) is 0 Å². The zero-order valence-corrected chi connectivity index (χ0v) is 29.6. The van der Waals surface area contributed by atoms with Gasteiger partial charge >= 0.3 is 18.3 Å². The summed E-state index contributed by atoms with van der Waals surface area (Å²) in [6, 6.07) is 12.9. The summed E-state index contributed by atoms with van der Waals surface area (Å²) in [7, 11) is 0. The highest BCUT2D eigenvalue weighted by atomic mass is 79.9. The molecule has 6 rings (SSSR count). The van der Waals surface area contributed by atoms with Gasteiger partial charge < -0.3 is 24.4 Å². The fourth-order valence-electron chi connectivity index (χ4n) is 7.81. The van der Waals surface area contributed by atoms with Gasteiger partial charge in [0.05, 0.1) is 28.2 Å². The van der Waals surface area contributed by atoms with Gasteiger partial charge in [-0.05, 0) is 108 Å². The Morgan fingerprint density at radius 1 is 1.00 bits per heavy atom. The highest BCUT2D eigenvalue weighted by molar-refractivity contribution is 9.10. The summed E-state index contributed by atoms with van der Waals surface area (Å²) >= 11 is 3.18. The number of carboxylic acids is 1. The number of rotatable bonds is 9. The molecule has 0 aromatic heterocycles. The molecule has 15 heteroatoms.